The molecular formula is C9H9F3N2OS. The lowest BCUT2D eigenvalue weighted by atomic mass is 10.3. The normalized spacial score (nSPS) is 21.1. The van der Waals surface area contributed by atoms with Gasteiger partial charge in [0.25, 0.3) is 0 Å². The van der Waals surface area contributed by atoms with Crippen molar-refractivity contribution in [3.05, 3.63) is 18.0 Å². The van der Waals surface area contributed by atoms with E-state index in [4.69, 9.17) is 4.74 Å². The van der Waals surface area contributed by atoms with Crippen LogP contribution in [0.4, 0.5) is 13.2 Å². The van der Waals surface area contributed by atoms with Crippen molar-refractivity contribution in [2.75, 3.05) is 11.5 Å². The second-order valence-electron chi connectivity index (χ2n) is 3.33. The van der Waals surface area contributed by atoms with Crippen LogP contribution >= 0.6 is 11.8 Å². The largest absolute Gasteiger partial charge is 0.459 e. The molecule has 16 heavy (non-hydrogen) atoms. The van der Waals surface area contributed by atoms with Gasteiger partial charge in [-0.15, -0.1) is 0 Å². The van der Waals surface area contributed by atoms with E-state index >= 15 is 0 Å². The van der Waals surface area contributed by atoms with Crippen LogP contribution in [0.3, 0.4) is 0 Å². The van der Waals surface area contributed by atoms with E-state index in [-0.39, 0.29) is 12.1 Å². The van der Waals surface area contributed by atoms with E-state index in [1.165, 1.54) is 0 Å². The van der Waals surface area contributed by atoms with E-state index in [9.17, 15) is 13.2 Å². The second-order valence-corrected chi connectivity index (χ2v) is 4.48. The summed E-state index contributed by atoms with van der Waals surface area (Å²) in [6, 6.07) is 0.637. The van der Waals surface area contributed by atoms with Crippen LogP contribution in [0, 0.1) is 0 Å². The number of alkyl halides is 3. The van der Waals surface area contributed by atoms with Crippen molar-refractivity contribution in [2.24, 2.45) is 0 Å². The molecule has 1 aromatic heterocycles. The number of aromatic nitrogens is 2. The summed E-state index contributed by atoms with van der Waals surface area (Å²) in [5.41, 5.74) is -0.969. The number of thioether (sulfide) groups is 1. The molecule has 0 spiro atoms. The Labute approximate surface area is 94.4 Å². The molecule has 1 aromatic rings. The lowest BCUT2D eigenvalue weighted by molar-refractivity contribution is -0.141. The fourth-order valence-corrected chi connectivity index (χ4v) is 2.40. The molecule has 0 aromatic carbocycles. The number of nitrogens with zero attached hydrogens (tertiary/aromatic N) is 2. The Bertz CT molecular complexity index is 366. The van der Waals surface area contributed by atoms with Gasteiger partial charge in [-0.3, -0.25) is 0 Å². The Morgan fingerprint density at radius 1 is 1.44 bits per heavy atom. The van der Waals surface area contributed by atoms with Crippen molar-refractivity contribution >= 4 is 11.8 Å². The first-order valence-corrected chi connectivity index (χ1v) is 5.86. The van der Waals surface area contributed by atoms with Crippen molar-refractivity contribution in [2.45, 2.75) is 18.7 Å². The average Bonchev–Trinajstić information content (AvgIpc) is 2.70. The zero-order valence-corrected chi connectivity index (χ0v) is 9.01. The van der Waals surface area contributed by atoms with Crippen LogP contribution in [0.5, 0.6) is 6.01 Å². The van der Waals surface area contributed by atoms with Crippen LogP contribution in [0.2, 0.25) is 0 Å². The van der Waals surface area contributed by atoms with E-state index in [1.54, 1.807) is 11.8 Å². The minimum Gasteiger partial charge on any atom is -0.459 e. The Morgan fingerprint density at radius 2 is 2.25 bits per heavy atom. The smallest absolute Gasteiger partial charge is 0.433 e. The SMILES string of the molecule is FC(F)(F)c1ccnc(OC2CCSC2)n1. The molecule has 1 fully saturated rings. The Kier molecular flexibility index (Phi) is 3.22. The molecule has 7 heteroatoms. The number of hydrogen-bond acceptors (Lipinski definition) is 4. The van der Waals surface area contributed by atoms with E-state index in [0.29, 0.717) is 0 Å². The molecule has 0 bridgehead atoms. The molecule has 1 atom stereocenters. The monoisotopic (exact) mass is 250 g/mol. The highest BCUT2D eigenvalue weighted by molar-refractivity contribution is 7.99. The molecule has 0 aliphatic carbocycles. The maximum atomic E-state index is 12.3. The summed E-state index contributed by atoms with van der Waals surface area (Å²) in [5, 5.41) is 0. The molecule has 3 nitrogen and oxygen atoms in total. The number of hydrogen-bond donors (Lipinski definition) is 0. The van der Waals surface area contributed by atoms with E-state index < -0.39 is 11.9 Å². The summed E-state index contributed by atoms with van der Waals surface area (Å²) < 4.78 is 42.3. The molecule has 1 saturated heterocycles. The van der Waals surface area contributed by atoms with Crippen LogP contribution < -0.4 is 4.74 Å². The van der Waals surface area contributed by atoms with Crippen molar-refractivity contribution in [3.8, 4) is 6.01 Å². The minimum atomic E-state index is -4.45. The van der Waals surface area contributed by atoms with E-state index in [0.717, 1.165) is 30.2 Å². The van der Waals surface area contributed by atoms with Crippen molar-refractivity contribution in [3.63, 3.8) is 0 Å². The van der Waals surface area contributed by atoms with Crippen molar-refractivity contribution in [1.29, 1.82) is 0 Å². The Balaban J connectivity index is 2.09. The van der Waals surface area contributed by atoms with Crippen molar-refractivity contribution < 1.29 is 17.9 Å². The number of ether oxygens (including phenoxy) is 1. The third kappa shape index (κ3) is 2.78. The second kappa shape index (κ2) is 4.48. The van der Waals surface area contributed by atoms with Crippen LogP contribution in [0.15, 0.2) is 12.3 Å². The molecular weight excluding hydrogens is 241 g/mol. The van der Waals surface area contributed by atoms with Gasteiger partial charge in [0.05, 0.1) is 0 Å². The van der Waals surface area contributed by atoms with Crippen LogP contribution in [-0.4, -0.2) is 27.6 Å². The molecule has 2 heterocycles. The zero-order valence-electron chi connectivity index (χ0n) is 8.20. The van der Waals surface area contributed by atoms with Crippen LogP contribution in [0.25, 0.3) is 0 Å². The predicted octanol–water partition coefficient (Wildman–Crippen LogP) is 2.38. The Hall–Kier alpha value is -0.980. The molecule has 1 aliphatic rings. The molecule has 2 rings (SSSR count). The van der Waals surface area contributed by atoms with E-state index in [1.807, 2.05) is 0 Å². The zero-order chi connectivity index (χ0) is 11.6. The Morgan fingerprint density at radius 3 is 2.88 bits per heavy atom. The average molecular weight is 250 g/mol. The molecule has 0 N–H and O–H groups in total. The highest BCUT2D eigenvalue weighted by Crippen LogP contribution is 2.28. The summed E-state index contributed by atoms with van der Waals surface area (Å²) in [5.74, 6) is 1.74. The maximum Gasteiger partial charge on any atom is 0.433 e. The highest BCUT2D eigenvalue weighted by atomic mass is 32.2. The summed E-state index contributed by atoms with van der Waals surface area (Å²) in [6.45, 7) is 0. The topological polar surface area (TPSA) is 35.0 Å². The van der Waals surface area contributed by atoms with Gasteiger partial charge in [0, 0.05) is 11.9 Å². The molecule has 1 aliphatic heterocycles. The predicted molar refractivity (Wildman–Crippen MR) is 53.4 cm³/mol. The van der Waals surface area contributed by atoms with Gasteiger partial charge in [-0.05, 0) is 18.2 Å². The van der Waals surface area contributed by atoms with Gasteiger partial charge in [-0.25, -0.2) is 4.98 Å². The lowest BCUT2D eigenvalue weighted by Crippen LogP contribution is -2.18. The van der Waals surface area contributed by atoms with E-state index in [2.05, 4.69) is 9.97 Å². The first-order chi connectivity index (χ1) is 7.55. The standard InChI is InChI=1S/C9H9F3N2OS/c10-9(11,12)7-1-3-13-8(14-7)15-6-2-4-16-5-6/h1,3,6H,2,4-5H2. The molecule has 0 radical (unpaired) electrons. The van der Waals surface area contributed by atoms with Gasteiger partial charge in [0.2, 0.25) is 0 Å². The van der Waals surface area contributed by atoms with Crippen LogP contribution in [-0.2, 0) is 6.18 Å². The third-order valence-electron chi connectivity index (χ3n) is 2.08. The maximum absolute atomic E-state index is 12.3. The fourth-order valence-electron chi connectivity index (χ4n) is 1.31. The molecule has 0 saturated carbocycles. The van der Waals surface area contributed by atoms with Gasteiger partial charge >= 0.3 is 12.2 Å². The van der Waals surface area contributed by atoms with Gasteiger partial charge in [-0.1, -0.05) is 0 Å². The quantitative estimate of drug-likeness (QED) is 0.807. The number of halogens is 3. The van der Waals surface area contributed by atoms with Gasteiger partial charge in [-0.2, -0.15) is 29.9 Å². The van der Waals surface area contributed by atoms with Gasteiger partial charge in [0.1, 0.15) is 6.10 Å². The van der Waals surface area contributed by atoms with Gasteiger partial charge < -0.3 is 4.74 Å². The lowest BCUT2D eigenvalue weighted by Gasteiger charge is -2.11. The third-order valence-corrected chi connectivity index (χ3v) is 3.22. The van der Waals surface area contributed by atoms with Gasteiger partial charge in [0.15, 0.2) is 5.69 Å². The molecule has 1 unspecified atom stereocenters. The minimum absolute atomic E-state index is 0.0755. The first-order valence-electron chi connectivity index (χ1n) is 4.70. The summed E-state index contributed by atoms with van der Waals surface area (Å²) in [7, 11) is 0. The van der Waals surface area contributed by atoms with Crippen molar-refractivity contribution in [1.82, 2.24) is 9.97 Å². The first kappa shape index (κ1) is 11.5. The molecule has 0 amide bonds. The molecule has 88 valence electrons. The highest BCUT2D eigenvalue weighted by Gasteiger charge is 2.33. The summed E-state index contributed by atoms with van der Waals surface area (Å²) in [4.78, 5) is 7.01. The summed E-state index contributed by atoms with van der Waals surface area (Å²) >= 11 is 1.71. The summed E-state index contributed by atoms with van der Waals surface area (Å²) in [6.07, 6.45) is -2.64. The van der Waals surface area contributed by atoms with Crippen LogP contribution in [0.1, 0.15) is 12.1 Å². The fraction of sp³-hybridized carbons (Fsp3) is 0.556. The number of rotatable bonds is 2.